The smallest absolute Gasteiger partial charge is 0.261 e. The molecule has 5 N–H and O–H groups in total. The van der Waals surface area contributed by atoms with Gasteiger partial charge in [-0.15, -0.1) is 0 Å². The van der Waals surface area contributed by atoms with E-state index in [-0.39, 0.29) is 0 Å². The van der Waals surface area contributed by atoms with Crippen LogP contribution in [0.4, 0.5) is 5.69 Å². The number of carbonyl (C=O) groups excluding carboxylic acids is 2. The normalized spacial score (nSPS) is 14.2. The predicted octanol–water partition coefficient (Wildman–Crippen LogP) is 1.66. The summed E-state index contributed by atoms with van der Waals surface area (Å²) in [4.78, 5) is 34.9. The molecule has 0 aliphatic carbocycles. The fourth-order valence-corrected chi connectivity index (χ4v) is 3.25. The zero-order chi connectivity index (χ0) is 15.0. The highest BCUT2D eigenvalue weighted by molar-refractivity contribution is 6.35. The first kappa shape index (κ1) is 11.3. The van der Waals surface area contributed by atoms with E-state index in [0.29, 0.717) is 33.2 Å². The number of aromatic amines is 2. The van der Waals surface area contributed by atoms with Gasteiger partial charge in [-0.25, -0.2) is 4.98 Å². The number of H-pyrrole nitrogens is 2. The van der Waals surface area contributed by atoms with Crippen LogP contribution < -0.4 is 11.1 Å². The number of benzene rings is 2. The number of hydrogen-bond acceptors (Lipinski definition) is 4. The number of rotatable bonds is 0. The molecule has 106 valence electrons. The van der Waals surface area contributed by atoms with Crippen LogP contribution in [-0.2, 0) is 0 Å². The van der Waals surface area contributed by atoms with Gasteiger partial charge < -0.3 is 15.7 Å². The second-order valence-corrected chi connectivity index (χ2v) is 5.34. The molecule has 2 aromatic carbocycles. The number of aromatic nitrogens is 3. The minimum absolute atomic E-state index is 0.317. The van der Waals surface area contributed by atoms with Gasteiger partial charge in [-0.2, -0.15) is 0 Å². The van der Waals surface area contributed by atoms with Gasteiger partial charge in [0, 0.05) is 22.0 Å². The molecule has 2 amide bonds. The predicted molar refractivity (Wildman–Crippen MR) is 81.7 cm³/mol. The fraction of sp³-hybridized carbons (Fsp3) is 0. The van der Waals surface area contributed by atoms with Crippen LogP contribution in [0.5, 0.6) is 0 Å². The quantitative estimate of drug-likeness (QED) is 0.291. The third kappa shape index (κ3) is 1.15. The number of nitrogens with two attached hydrogens (primary N) is 1. The molecule has 5 rings (SSSR count). The first-order chi connectivity index (χ1) is 10.6. The number of amides is 2. The van der Waals surface area contributed by atoms with E-state index in [2.05, 4.69) is 20.3 Å². The van der Waals surface area contributed by atoms with Gasteiger partial charge in [0.1, 0.15) is 5.52 Å². The Kier molecular flexibility index (Phi) is 1.78. The first-order valence-electron chi connectivity index (χ1n) is 6.71. The molecular formula is C15H9N5O2. The first-order valence-corrected chi connectivity index (χ1v) is 6.71. The Morgan fingerprint density at radius 3 is 2.73 bits per heavy atom. The van der Waals surface area contributed by atoms with E-state index >= 15 is 0 Å². The van der Waals surface area contributed by atoms with Gasteiger partial charge in [0.05, 0.1) is 28.5 Å². The van der Waals surface area contributed by atoms with Crippen molar-refractivity contribution in [2.75, 3.05) is 5.73 Å². The van der Waals surface area contributed by atoms with Gasteiger partial charge in [0.15, 0.2) is 0 Å². The van der Waals surface area contributed by atoms with Crippen LogP contribution in [0.25, 0.3) is 32.8 Å². The van der Waals surface area contributed by atoms with E-state index < -0.39 is 11.8 Å². The van der Waals surface area contributed by atoms with Crippen molar-refractivity contribution in [2.24, 2.45) is 0 Å². The summed E-state index contributed by atoms with van der Waals surface area (Å²) in [5, 5.41) is 3.85. The maximum Gasteiger partial charge on any atom is 0.261 e. The van der Waals surface area contributed by atoms with E-state index in [4.69, 9.17) is 5.73 Å². The number of anilines is 1. The summed E-state index contributed by atoms with van der Waals surface area (Å²) in [5.74, 6) is -0.824. The Morgan fingerprint density at radius 2 is 1.86 bits per heavy atom. The van der Waals surface area contributed by atoms with Gasteiger partial charge in [-0.3, -0.25) is 14.9 Å². The van der Waals surface area contributed by atoms with E-state index in [9.17, 15) is 9.59 Å². The van der Waals surface area contributed by atoms with E-state index in [1.165, 1.54) is 6.33 Å². The SMILES string of the molecule is Nc1ccc2[nH]c3c4[nH]cnc4c4c(c3c2c1)C(=O)NC4=O. The number of carbonyl (C=O) groups is 2. The average molecular weight is 291 g/mol. The number of fused-ring (bicyclic) bond motifs is 8. The Bertz CT molecular complexity index is 1150. The molecule has 0 spiro atoms. The van der Waals surface area contributed by atoms with Gasteiger partial charge in [-0.05, 0) is 18.2 Å². The largest absolute Gasteiger partial charge is 0.399 e. The molecule has 0 saturated heterocycles. The van der Waals surface area contributed by atoms with Crippen molar-refractivity contribution < 1.29 is 9.59 Å². The van der Waals surface area contributed by atoms with Crippen molar-refractivity contribution in [2.45, 2.75) is 0 Å². The molecule has 0 bridgehead atoms. The Labute approximate surface area is 122 Å². The maximum atomic E-state index is 12.3. The molecule has 0 radical (unpaired) electrons. The summed E-state index contributed by atoms with van der Waals surface area (Å²) in [6.07, 6.45) is 1.51. The van der Waals surface area contributed by atoms with Crippen LogP contribution in [0, 0.1) is 0 Å². The van der Waals surface area contributed by atoms with Gasteiger partial charge in [0.25, 0.3) is 11.8 Å². The van der Waals surface area contributed by atoms with Crippen molar-refractivity contribution in [3.63, 3.8) is 0 Å². The Balaban J connectivity index is 2.18. The van der Waals surface area contributed by atoms with Gasteiger partial charge in [-0.1, -0.05) is 0 Å². The van der Waals surface area contributed by atoms with Gasteiger partial charge in [0.2, 0.25) is 0 Å². The van der Waals surface area contributed by atoms with Crippen LogP contribution >= 0.6 is 0 Å². The van der Waals surface area contributed by atoms with Crippen molar-refractivity contribution in [3.05, 3.63) is 35.7 Å². The molecular weight excluding hydrogens is 282 g/mol. The molecule has 7 nitrogen and oxygen atoms in total. The second-order valence-electron chi connectivity index (χ2n) is 5.34. The highest BCUT2D eigenvalue weighted by Crippen LogP contribution is 2.38. The Morgan fingerprint density at radius 1 is 1.05 bits per heavy atom. The number of hydrogen-bond donors (Lipinski definition) is 4. The van der Waals surface area contributed by atoms with Gasteiger partial charge >= 0.3 is 0 Å². The lowest BCUT2D eigenvalue weighted by molar-refractivity contribution is 0.0880. The van der Waals surface area contributed by atoms with E-state index in [1.54, 1.807) is 12.1 Å². The van der Waals surface area contributed by atoms with Crippen molar-refractivity contribution in [1.82, 2.24) is 20.3 Å². The van der Waals surface area contributed by atoms with Crippen molar-refractivity contribution in [1.29, 1.82) is 0 Å². The molecule has 0 unspecified atom stereocenters. The molecule has 2 aromatic heterocycles. The lowest BCUT2D eigenvalue weighted by Crippen LogP contribution is -2.20. The maximum absolute atomic E-state index is 12.3. The van der Waals surface area contributed by atoms with Crippen LogP contribution in [0.3, 0.4) is 0 Å². The van der Waals surface area contributed by atoms with Crippen LogP contribution in [-0.4, -0.2) is 26.8 Å². The summed E-state index contributed by atoms with van der Waals surface area (Å²) >= 11 is 0. The van der Waals surface area contributed by atoms with Crippen molar-refractivity contribution in [3.8, 4) is 0 Å². The summed E-state index contributed by atoms with van der Waals surface area (Å²) < 4.78 is 0. The molecule has 1 aliphatic rings. The number of nitrogen functional groups attached to an aromatic ring is 1. The van der Waals surface area contributed by atoms with Crippen LogP contribution in [0.15, 0.2) is 24.5 Å². The lowest BCUT2D eigenvalue weighted by Gasteiger charge is -2.01. The molecule has 7 heteroatoms. The topological polar surface area (TPSA) is 117 Å². The summed E-state index contributed by atoms with van der Waals surface area (Å²) in [7, 11) is 0. The highest BCUT2D eigenvalue weighted by Gasteiger charge is 2.34. The average Bonchev–Trinajstić information content (AvgIpc) is 3.14. The standard InChI is InChI=1S/C15H9N5O2/c16-5-1-2-7-6(3-5)8-9-10(15(22)20-14(9)21)11-13(12(8)19-7)18-4-17-11/h1-4,19H,16H2,(H,17,18)(H,20,21,22). The molecule has 3 heterocycles. The van der Waals surface area contributed by atoms with Crippen LogP contribution in [0.1, 0.15) is 20.7 Å². The lowest BCUT2D eigenvalue weighted by atomic mass is 10.00. The highest BCUT2D eigenvalue weighted by atomic mass is 16.2. The van der Waals surface area contributed by atoms with E-state index in [1.807, 2.05) is 6.07 Å². The summed E-state index contributed by atoms with van der Waals surface area (Å²) in [6.45, 7) is 0. The van der Waals surface area contributed by atoms with Crippen LogP contribution in [0.2, 0.25) is 0 Å². The summed E-state index contributed by atoms with van der Waals surface area (Å²) in [6, 6.07) is 5.44. The number of nitrogens with zero attached hydrogens (tertiary/aromatic N) is 1. The minimum Gasteiger partial charge on any atom is -0.399 e. The zero-order valence-corrected chi connectivity index (χ0v) is 11.2. The second kappa shape index (κ2) is 3.45. The number of imidazole rings is 1. The molecule has 0 atom stereocenters. The van der Waals surface area contributed by atoms with E-state index in [0.717, 1.165) is 16.4 Å². The number of imide groups is 1. The number of nitrogens with one attached hydrogen (secondary N) is 3. The van der Waals surface area contributed by atoms with Crippen molar-refractivity contribution >= 4 is 50.3 Å². The fourth-order valence-electron chi connectivity index (χ4n) is 3.25. The minimum atomic E-state index is -0.419. The zero-order valence-electron chi connectivity index (χ0n) is 11.2. The summed E-state index contributed by atoms with van der Waals surface area (Å²) in [5.41, 5.74) is 9.93. The molecule has 0 fully saturated rings. The third-order valence-corrected chi connectivity index (χ3v) is 4.13. The Hall–Kier alpha value is -3.35. The third-order valence-electron chi connectivity index (χ3n) is 4.13. The monoisotopic (exact) mass is 291 g/mol. The molecule has 0 saturated carbocycles. The molecule has 22 heavy (non-hydrogen) atoms. The molecule has 1 aliphatic heterocycles. The molecule has 4 aromatic rings.